The van der Waals surface area contributed by atoms with Crippen molar-refractivity contribution >= 4 is 11.7 Å². The number of hydrogen-bond acceptors (Lipinski definition) is 4. The predicted octanol–water partition coefficient (Wildman–Crippen LogP) is 1.79. The van der Waals surface area contributed by atoms with Crippen LogP contribution < -0.4 is 4.90 Å². The van der Waals surface area contributed by atoms with Crippen molar-refractivity contribution in [3.05, 3.63) is 17.6 Å². The lowest BCUT2D eigenvalue weighted by molar-refractivity contribution is -0.130. The molecule has 5 nitrogen and oxygen atoms in total. The Bertz CT molecular complexity index is 489. The van der Waals surface area contributed by atoms with E-state index in [0.717, 1.165) is 44.1 Å². The van der Waals surface area contributed by atoms with Crippen LogP contribution in [0.1, 0.15) is 38.6 Å². The van der Waals surface area contributed by atoms with Gasteiger partial charge in [0.05, 0.1) is 6.04 Å². The summed E-state index contributed by atoms with van der Waals surface area (Å²) in [5, 5.41) is 0. The number of rotatable bonds is 4. The van der Waals surface area contributed by atoms with E-state index in [9.17, 15) is 4.79 Å². The number of likely N-dealkylation sites (N-methyl/N-ethyl adjacent to an activating group) is 1. The molecule has 1 aromatic rings. The maximum absolute atomic E-state index is 11.7. The van der Waals surface area contributed by atoms with Gasteiger partial charge in [0.2, 0.25) is 5.91 Å². The van der Waals surface area contributed by atoms with Crippen molar-refractivity contribution in [1.82, 2.24) is 14.9 Å². The van der Waals surface area contributed by atoms with E-state index in [1.807, 2.05) is 24.9 Å². The molecule has 0 aliphatic carbocycles. The summed E-state index contributed by atoms with van der Waals surface area (Å²) in [6.45, 7) is 10.3. The standard InChI is InChI=1S/C15H24N4O/c1-5-13-9-16-11(3)17-15(13)18-8-7-14(10-18)19(6-2)12(4)20/h9,14H,5-8,10H2,1-4H3/t14-/m1/s1. The molecule has 2 heterocycles. The van der Waals surface area contributed by atoms with E-state index in [-0.39, 0.29) is 5.91 Å². The van der Waals surface area contributed by atoms with Gasteiger partial charge in [-0.3, -0.25) is 4.79 Å². The summed E-state index contributed by atoms with van der Waals surface area (Å²) >= 11 is 0. The van der Waals surface area contributed by atoms with E-state index in [1.165, 1.54) is 5.56 Å². The number of nitrogens with zero attached hydrogens (tertiary/aromatic N) is 4. The number of hydrogen-bond donors (Lipinski definition) is 0. The molecule has 1 amide bonds. The average molecular weight is 276 g/mol. The van der Waals surface area contributed by atoms with Crippen LogP contribution in [0.15, 0.2) is 6.20 Å². The molecule has 0 radical (unpaired) electrons. The van der Waals surface area contributed by atoms with Crippen molar-refractivity contribution < 1.29 is 4.79 Å². The van der Waals surface area contributed by atoms with Gasteiger partial charge in [0, 0.05) is 38.3 Å². The number of anilines is 1. The molecule has 1 aliphatic rings. The zero-order valence-corrected chi connectivity index (χ0v) is 12.9. The van der Waals surface area contributed by atoms with Crippen molar-refractivity contribution in [3.8, 4) is 0 Å². The molecule has 1 fully saturated rings. The van der Waals surface area contributed by atoms with Gasteiger partial charge in [-0.2, -0.15) is 0 Å². The fourth-order valence-corrected chi connectivity index (χ4v) is 2.93. The second-order valence-corrected chi connectivity index (χ2v) is 5.31. The second kappa shape index (κ2) is 6.20. The Hall–Kier alpha value is -1.65. The number of carbonyl (C=O) groups is 1. The third-order valence-electron chi connectivity index (χ3n) is 3.99. The van der Waals surface area contributed by atoms with Crippen LogP contribution in [-0.2, 0) is 11.2 Å². The zero-order valence-electron chi connectivity index (χ0n) is 12.9. The van der Waals surface area contributed by atoms with E-state index < -0.39 is 0 Å². The highest BCUT2D eigenvalue weighted by atomic mass is 16.2. The summed E-state index contributed by atoms with van der Waals surface area (Å²) in [6.07, 6.45) is 3.87. The molecular weight excluding hydrogens is 252 g/mol. The Labute approximate surface area is 121 Å². The number of carbonyl (C=O) groups excluding carboxylic acids is 1. The zero-order chi connectivity index (χ0) is 14.7. The lowest BCUT2D eigenvalue weighted by Crippen LogP contribution is -2.40. The molecule has 1 aromatic heterocycles. The number of aromatic nitrogens is 2. The Kier molecular flexibility index (Phi) is 4.57. The fourth-order valence-electron chi connectivity index (χ4n) is 2.93. The smallest absolute Gasteiger partial charge is 0.219 e. The highest BCUT2D eigenvalue weighted by Crippen LogP contribution is 2.25. The molecule has 0 spiro atoms. The van der Waals surface area contributed by atoms with E-state index in [2.05, 4.69) is 21.8 Å². The maximum atomic E-state index is 11.7. The van der Waals surface area contributed by atoms with Crippen LogP contribution in [0.5, 0.6) is 0 Å². The first-order valence-corrected chi connectivity index (χ1v) is 7.41. The van der Waals surface area contributed by atoms with Gasteiger partial charge in [0.1, 0.15) is 11.6 Å². The summed E-state index contributed by atoms with van der Waals surface area (Å²) in [7, 11) is 0. The normalized spacial score (nSPS) is 18.4. The van der Waals surface area contributed by atoms with E-state index in [4.69, 9.17) is 0 Å². The molecule has 0 unspecified atom stereocenters. The monoisotopic (exact) mass is 276 g/mol. The Balaban J connectivity index is 2.17. The Morgan fingerprint density at radius 3 is 2.85 bits per heavy atom. The van der Waals surface area contributed by atoms with Crippen LogP contribution in [0, 0.1) is 6.92 Å². The molecule has 0 aromatic carbocycles. The molecule has 1 aliphatic heterocycles. The fraction of sp³-hybridized carbons (Fsp3) is 0.667. The van der Waals surface area contributed by atoms with Crippen LogP contribution in [-0.4, -0.2) is 46.5 Å². The number of amides is 1. The van der Waals surface area contributed by atoms with Gasteiger partial charge >= 0.3 is 0 Å². The molecule has 1 atom stereocenters. The highest BCUT2D eigenvalue weighted by molar-refractivity contribution is 5.73. The van der Waals surface area contributed by atoms with Crippen molar-refractivity contribution in [2.45, 2.75) is 46.6 Å². The first kappa shape index (κ1) is 14.8. The van der Waals surface area contributed by atoms with Crippen LogP contribution in [0.3, 0.4) is 0 Å². The summed E-state index contributed by atoms with van der Waals surface area (Å²) in [4.78, 5) is 24.8. The first-order valence-electron chi connectivity index (χ1n) is 7.41. The van der Waals surface area contributed by atoms with E-state index in [1.54, 1.807) is 6.92 Å². The van der Waals surface area contributed by atoms with Crippen molar-refractivity contribution in [3.63, 3.8) is 0 Å². The largest absolute Gasteiger partial charge is 0.354 e. The number of aryl methyl sites for hydroxylation is 2. The van der Waals surface area contributed by atoms with Crippen molar-refractivity contribution in [1.29, 1.82) is 0 Å². The molecule has 2 rings (SSSR count). The van der Waals surface area contributed by atoms with Crippen LogP contribution in [0.4, 0.5) is 5.82 Å². The van der Waals surface area contributed by atoms with Gasteiger partial charge in [-0.15, -0.1) is 0 Å². The van der Waals surface area contributed by atoms with Crippen molar-refractivity contribution in [2.24, 2.45) is 0 Å². The van der Waals surface area contributed by atoms with E-state index >= 15 is 0 Å². The third-order valence-corrected chi connectivity index (χ3v) is 3.99. The Morgan fingerprint density at radius 2 is 2.25 bits per heavy atom. The van der Waals surface area contributed by atoms with Crippen LogP contribution >= 0.6 is 0 Å². The molecule has 20 heavy (non-hydrogen) atoms. The average Bonchev–Trinajstić information content (AvgIpc) is 2.88. The third kappa shape index (κ3) is 2.92. The highest BCUT2D eigenvalue weighted by Gasteiger charge is 2.30. The molecule has 1 saturated heterocycles. The van der Waals surface area contributed by atoms with Gasteiger partial charge in [0.15, 0.2) is 0 Å². The van der Waals surface area contributed by atoms with Gasteiger partial charge < -0.3 is 9.80 Å². The van der Waals surface area contributed by atoms with E-state index in [0.29, 0.717) is 6.04 Å². The molecular formula is C15H24N4O. The summed E-state index contributed by atoms with van der Waals surface area (Å²) in [5.41, 5.74) is 1.18. The minimum Gasteiger partial charge on any atom is -0.354 e. The minimum absolute atomic E-state index is 0.161. The topological polar surface area (TPSA) is 49.3 Å². The summed E-state index contributed by atoms with van der Waals surface area (Å²) in [5.74, 6) is 2.01. The predicted molar refractivity (Wildman–Crippen MR) is 79.8 cm³/mol. The van der Waals surface area contributed by atoms with Gasteiger partial charge in [-0.25, -0.2) is 9.97 Å². The molecule has 0 N–H and O–H groups in total. The first-order chi connectivity index (χ1) is 9.56. The molecule has 0 saturated carbocycles. The summed E-state index contributed by atoms with van der Waals surface area (Å²) < 4.78 is 0. The van der Waals surface area contributed by atoms with Gasteiger partial charge in [0.25, 0.3) is 0 Å². The second-order valence-electron chi connectivity index (χ2n) is 5.31. The van der Waals surface area contributed by atoms with Gasteiger partial charge in [-0.05, 0) is 26.7 Å². The maximum Gasteiger partial charge on any atom is 0.219 e. The lowest BCUT2D eigenvalue weighted by atomic mass is 10.2. The minimum atomic E-state index is 0.161. The van der Waals surface area contributed by atoms with Gasteiger partial charge in [-0.1, -0.05) is 6.92 Å². The quantitative estimate of drug-likeness (QED) is 0.841. The van der Waals surface area contributed by atoms with Crippen LogP contribution in [0.25, 0.3) is 0 Å². The molecule has 5 heteroatoms. The molecule has 110 valence electrons. The molecule has 0 bridgehead atoms. The lowest BCUT2D eigenvalue weighted by Gasteiger charge is -2.27. The van der Waals surface area contributed by atoms with Crippen LogP contribution in [0.2, 0.25) is 0 Å². The SMILES string of the molecule is CCc1cnc(C)nc1N1CC[C@@H](N(CC)C(C)=O)C1. The Morgan fingerprint density at radius 1 is 1.50 bits per heavy atom. The summed E-state index contributed by atoms with van der Waals surface area (Å²) in [6, 6.07) is 0.303. The van der Waals surface area contributed by atoms with Crippen molar-refractivity contribution in [2.75, 3.05) is 24.5 Å².